The fourth-order valence-electron chi connectivity index (χ4n) is 2.27. The minimum atomic E-state index is -0.342. The molecule has 0 aliphatic carbocycles. The van der Waals surface area contributed by atoms with Crippen molar-refractivity contribution in [3.8, 4) is 11.4 Å². The lowest BCUT2D eigenvalue weighted by Crippen LogP contribution is -2.33. The summed E-state index contributed by atoms with van der Waals surface area (Å²) in [5.41, 5.74) is 0.398. The molecule has 0 aliphatic rings. The molecule has 5 nitrogen and oxygen atoms in total. The molecular formula is C16H21FN4OS. The number of hydrogen-bond donors (Lipinski definition) is 1. The lowest BCUT2D eigenvalue weighted by atomic mass is 10.2. The zero-order valence-electron chi connectivity index (χ0n) is 13.5. The largest absolute Gasteiger partial charge is 0.353 e. The molecule has 1 aromatic carbocycles. The van der Waals surface area contributed by atoms with Crippen LogP contribution in [0.1, 0.15) is 26.7 Å². The van der Waals surface area contributed by atoms with E-state index >= 15 is 0 Å². The molecular weight excluding hydrogens is 315 g/mol. The number of carbonyl (C=O) groups is 1. The number of halogens is 1. The quantitative estimate of drug-likeness (QED) is 0.790. The Kier molecular flexibility index (Phi) is 6.15. The van der Waals surface area contributed by atoms with Crippen molar-refractivity contribution in [2.45, 2.75) is 37.9 Å². The number of carbonyl (C=O) groups excluding carboxylic acids is 1. The van der Waals surface area contributed by atoms with Gasteiger partial charge in [0.05, 0.1) is 11.3 Å². The first-order valence-corrected chi connectivity index (χ1v) is 8.58. The van der Waals surface area contributed by atoms with E-state index in [0.717, 1.165) is 12.8 Å². The summed E-state index contributed by atoms with van der Waals surface area (Å²) in [6.45, 7) is 4.08. The predicted octanol–water partition coefficient (Wildman–Crippen LogP) is 3.02. The molecule has 2 rings (SSSR count). The molecule has 23 heavy (non-hydrogen) atoms. The van der Waals surface area contributed by atoms with Gasteiger partial charge in [0.15, 0.2) is 11.0 Å². The molecule has 0 saturated heterocycles. The Labute approximate surface area is 139 Å². The van der Waals surface area contributed by atoms with Crippen molar-refractivity contribution in [3.05, 3.63) is 30.1 Å². The van der Waals surface area contributed by atoms with Crippen LogP contribution < -0.4 is 5.32 Å². The highest BCUT2D eigenvalue weighted by molar-refractivity contribution is 7.99. The monoisotopic (exact) mass is 336 g/mol. The molecule has 1 N–H and O–H groups in total. The smallest absolute Gasteiger partial charge is 0.230 e. The number of rotatable bonds is 7. The zero-order chi connectivity index (χ0) is 16.8. The van der Waals surface area contributed by atoms with E-state index in [1.54, 1.807) is 29.8 Å². The number of thioether (sulfide) groups is 1. The SMILES string of the molecule is CCC[C@@H](C)NC(=O)CSc1nnc(-c2ccccc2F)n1C. The van der Waals surface area contributed by atoms with Crippen LogP contribution in [0, 0.1) is 5.82 Å². The summed E-state index contributed by atoms with van der Waals surface area (Å²) in [6, 6.07) is 6.60. The van der Waals surface area contributed by atoms with Crippen molar-refractivity contribution < 1.29 is 9.18 Å². The molecule has 7 heteroatoms. The Morgan fingerprint density at radius 1 is 1.39 bits per heavy atom. The molecule has 1 heterocycles. The fourth-order valence-corrected chi connectivity index (χ4v) is 2.99. The predicted molar refractivity (Wildman–Crippen MR) is 89.6 cm³/mol. The summed E-state index contributed by atoms with van der Waals surface area (Å²) in [5, 5.41) is 11.6. The van der Waals surface area contributed by atoms with E-state index in [2.05, 4.69) is 22.4 Å². The van der Waals surface area contributed by atoms with Gasteiger partial charge in [-0.25, -0.2) is 4.39 Å². The number of amides is 1. The van der Waals surface area contributed by atoms with Gasteiger partial charge in [-0.05, 0) is 25.5 Å². The first-order valence-electron chi connectivity index (χ1n) is 7.59. The average molecular weight is 336 g/mol. The Balaban J connectivity index is 2.00. The second kappa shape index (κ2) is 8.10. The molecule has 0 spiro atoms. The number of nitrogens with one attached hydrogen (secondary N) is 1. The van der Waals surface area contributed by atoms with E-state index in [1.165, 1.54) is 17.8 Å². The summed E-state index contributed by atoms with van der Waals surface area (Å²) < 4.78 is 15.5. The molecule has 1 aromatic heterocycles. The Bertz CT molecular complexity index is 674. The fraction of sp³-hybridized carbons (Fsp3) is 0.438. The highest BCUT2D eigenvalue weighted by Crippen LogP contribution is 2.24. The third-order valence-electron chi connectivity index (χ3n) is 3.41. The summed E-state index contributed by atoms with van der Waals surface area (Å²) >= 11 is 1.29. The zero-order valence-corrected chi connectivity index (χ0v) is 14.4. The number of hydrogen-bond acceptors (Lipinski definition) is 4. The van der Waals surface area contributed by atoms with Gasteiger partial charge in [-0.1, -0.05) is 37.2 Å². The van der Waals surface area contributed by atoms with Crippen molar-refractivity contribution in [2.75, 3.05) is 5.75 Å². The third-order valence-corrected chi connectivity index (χ3v) is 4.43. The average Bonchev–Trinajstić information content (AvgIpc) is 2.87. The second-order valence-electron chi connectivity index (χ2n) is 5.39. The van der Waals surface area contributed by atoms with Gasteiger partial charge in [-0.3, -0.25) is 4.79 Å². The van der Waals surface area contributed by atoms with Crippen molar-refractivity contribution >= 4 is 17.7 Å². The van der Waals surface area contributed by atoms with Crippen LogP contribution in [0.2, 0.25) is 0 Å². The maximum Gasteiger partial charge on any atom is 0.230 e. The van der Waals surface area contributed by atoms with Gasteiger partial charge in [0.2, 0.25) is 5.91 Å². The van der Waals surface area contributed by atoms with Crippen molar-refractivity contribution in [1.82, 2.24) is 20.1 Å². The molecule has 0 bridgehead atoms. The van der Waals surface area contributed by atoms with Crippen LogP contribution in [-0.2, 0) is 11.8 Å². The molecule has 2 aromatic rings. The van der Waals surface area contributed by atoms with Crippen molar-refractivity contribution in [2.24, 2.45) is 7.05 Å². The van der Waals surface area contributed by atoms with Crippen LogP contribution in [0.25, 0.3) is 11.4 Å². The van der Waals surface area contributed by atoms with Crippen LogP contribution in [0.5, 0.6) is 0 Å². The van der Waals surface area contributed by atoms with Crippen LogP contribution >= 0.6 is 11.8 Å². The van der Waals surface area contributed by atoms with Gasteiger partial charge in [0.25, 0.3) is 0 Å². The lowest BCUT2D eigenvalue weighted by Gasteiger charge is -2.12. The van der Waals surface area contributed by atoms with Crippen molar-refractivity contribution in [1.29, 1.82) is 0 Å². The third kappa shape index (κ3) is 4.54. The topological polar surface area (TPSA) is 59.8 Å². The minimum absolute atomic E-state index is 0.0357. The molecule has 0 saturated carbocycles. The summed E-state index contributed by atoms with van der Waals surface area (Å²) in [5.74, 6) is 0.333. The summed E-state index contributed by atoms with van der Waals surface area (Å²) in [6.07, 6.45) is 1.99. The lowest BCUT2D eigenvalue weighted by molar-refractivity contribution is -0.119. The molecule has 1 amide bonds. The highest BCUT2D eigenvalue weighted by Gasteiger charge is 2.15. The Hall–Kier alpha value is -1.89. The normalized spacial score (nSPS) is 12.2. The first kappa shape index (κ1) is 17.5. The van der Waals surface area contributed by atoms with E-state index < -0.39 is 0 Å². The van der Waals surface area contributed by atoms with Crippen LogP contribution in [-0.4, -0.2) is 32.5 Å². The molecule has 0 aliphatic heterocycles. The highest BCUT2D eigenvalue weighted by atomic mass is 32.2. The Morgan fingerprint density at radius 3 is 2.83 bits per heavy atom. The van der Waals surface area contributed by atoms with Crippen molar-refractivity contribution in [3.63, 3.8) is 0 Å². The van der Waals surface area contributed by atoms with E-state index in [-0.39, 0.29) is 23.5 Å². The van der Waals surface area contributed by atoms with Gasteiger partial charge in [-0.2, -0.15) is 0 Å². The van der Waals surface area contributed by atoms with Crippen LogP contribution in [0.15, 0.2) is 29.4 Å². The van der Waals surface area contributed by atoms with Gasteiger partial charge in [0, 0.05) is 13.1 Å². The van der Waals surface area contributed by atoms with E-state index in [0.29, 0.717) is 16.5 Å². The molecule has 124 valence electrons. The van der Waals surface area contributed by atoms with Gasteiger partial charge < -0.3 is 9.88 Å². The van der Waals surface area contributed by atoms with E-state index in [1.807, 2.05) is 6.92 Å². The van der Waals surface area contributed by atoms with Gasteiger partial charge >= 0.3 is 0 Å². The summed E-state index contributed by atoms with van der Waals surface area (Å²) in [7, 11) is 1.77. The standard InChI is InChI=1S/C16H21FN4OS/c1-4-7-11(2)18-14(22)10-23-16-20-19-15(21(16)3)12-8-5-6-9-13(12)17/h5-6,8-9,11H,4,7,10H2,1-3H3,(H,18,22)/t11-/m1/s1. The number of nitrogens with zero attached hydrogens (tertiary/aromatic N) is 3. The minimum Gasteiger partial charge on any atom is -0.353 e. The summed E-state index contributed by atoms with van der Waals surface area (Å²) in [4.78, 5) is 11.9. The van der Waals surface area contributed by atoms with E-state index in [4.69, 9.17) is 0 Å². The maximum absolute atomic E-state index is 13.8. The number of aromatic nitrogens is 3. The Morgan fingerprint density at radius 2 is 2.13 bits per heavy atom. The van der Waals surface area contributed by atoms with Crippen LogP contribution in [0.4, 0.5) is 4.39 Å². The molecule has 0 fully saturated rings. The number of benzene rings is 1. The van der Waals surface area contributed by atoms with E-state index in [9.17, 15) is 9.18 Å². The van der Waals surface area contributed by atoms with Gasteiger partial charge in [0.1, 0.15) is 5.82 Å². The molecule has 1 atom stereocenters. The van der Waals surface area contributed by atoms with Crippen LogP contribution in [0.3, 0.4) is 0 Å². The molecule has 0 radical (unpaired) electrons. The van der Waals surface area contributed by atoms with Gasteiger partial charge in [-0.15, -0.1) is 10.2 Å². The second-order valence-corrected chi connectivity index (χ2v) is 6.33. The first-order chi connectivity index (χ1) is 11.0. The molecule has 0 unspecified atom stereocenters. The maximum atomic E-state index is 13.8.